The molecule has 0 aliphatic carbocycles. The summed E-state index contributed by atoms with van der Waals surface area (Å²) in [6, 6.07) is 18.0. The van der Waals surface area contributed by atoms with E-state index in [9.17, 15) is 0 Å². The number of para-hydroxylation sites is 1. The van der Waals surface area contributed by atoms with Gasteiger partial charge in [-0.1, -0.05) is 52.3 Å². The summed E-state index contributed by atoms with van der Waals surface area (Å²) in [4.78, 5) is 0. The smallest absolute Gasteiger partial charge is 0.0603 e. The van der Waals surface area contributed by atoms with E-state index in [0.717, 1.165) is 10.2 Å². The van der Waals surface area contributed by atoms with Gasteiger partial charge in [0.25, 0.3) is 0 Å². The number of anilines is 1. The van der Waals surface area contributed by atoms with Crippen molar-refractivity contribution >= 4 is 21.6 Å². The Morgan fingerprint density at radius 3 is 2.25 bits per heavy atom. The lowest BCUT2D eigenvalue weighted by Gasteiger charge is -2.19. The highest BCUT2D eigenvalue weighted by Gasteiger charge is 2.04. The second-order valence-corrected chi connectivity index (χ2v) is 4.41. The van der Waals surface area contributed by atoms with Gasteiger partial charge in [0.15, 0.2) is 0 Å². The van der Waals surface area contributed by atoms with Gasteiger partial charge in [-0.15, -0.1) is 0 Å². The van der Waals surface area contributed by atoms with Crippen LogP contribution in [0.3, 0.4) is 0 Å². The maximum atomic E-state index is 6.01. The molecule has 2 aromatic rings. The van der Waals surface area contributed by atoms with Gasteiger partial charge in [0.05, 0.1) is 12.2 Å². The first-order chi connectivity index (χ1) is 7.77. The molecular weight excluding hydrogens is 264 g/mol. The van der Waals surface area contributed by atoms with Gasteiger partial charge in [-0.05, 0) is 23.8 Å². The fraction of sp³-hybridized carbons (Fsp3) is 0.0769. The monoisotopic (exact) mass is 276 g/mol. The molecule has 16 heavy (non-hydrogen) atoms. The lowest BCUT2D eigenvalue weighted by Crippen LogP contribution is -2.30. The van der Waals surface area contributed by atoms with Crippen molar-refractivity contribution < 1.29 is 0 Å². The van der Waals surface area contributed by atoms with Gasteiger partial charge in [0.2, 0.25) is 0 Å². The molecule has 2 rings (SSSR count). The van der Waals surface area contributed by atoms with Crippen LogP contribution in [-0.4, -0.2) is 0 Å². The van der Waals surface area contributed by atoms with Gasteiger partial charge in [0, 0.05) is 4.47 Å². The van der Waals surface area contributed by atoms with Gasteiger partial charge in [0.1, 0.15) is 0 Å². The van der Waals surface area contributed by atoms with Crippen molar-refractivity contribution in [3.05, 3.63) is 64.6 Å². The topological polar surface area (TPSA) is 29.3 Å². The van der Waals surface area contributed by atoms with Crippen molar-refractivity contribution in [1.29, 1.82) is 0 Å². The quantitative estimate of drug-likeness (QED) is 0.688. The first-order valence-electron chi connectivity index (χ1n) is 5.08. The van der Waals surface area contributed by atoms with Gasteiger partial charge >= 0.3 is 0 Å². The van der Waals surface area contributed by atoms with E-state index < -0.39 is 0 Å². The molecular formula is C13H13BrN2. The van der Waals surface area contributed by atoms with Crippen LogP contribution in [0, 0.1) is 0 Å². The average Bonchev–Trinajstić information content (AvgIpc) is 2.33. The van der Waals surface area contributed by atoms with E-state index in [4.69, 9.17) is 5.84 Å². The highest BCUT2D eigenvalue weighted by molar-refractivity contribution is 9.10. The Morgan fingerprint density at radius 2 is 1.56 bits per heavy atom. The van der Waals surface area contributed by atoms with Crippen molar-refractivity contribution in [2.75, 3.05) is 5.01 Å². The molecule has 0 heterocycles. The van der Waals surface area contributed by atoms with Crippen LogP contribution >= 0.6 is 15.9 Å². The number of nitrogens with two attached hydrogens (primary N) is 1. The third-order valence-electron chi connectivity index (χ3n) is 2.39. The first kappa shape index (κ1) is 11.2. The third kappa shape index (κ3) is 2.62. The van der Waals surface area contributed by atoms with E-state index in [-0.39, 0.29) is 0 Å². The molecule has 3 heteroatoms. The number of nitrogens with zero attached hydrogens (tertiary/aromatic N) is 1. The van der Waals surface area contributed by atoms with E-state index in [0.29, 0.717) is 6.54 Å². The average molecular weight is 277 g/mol. The standard InChI is InChI=1S/C13H13BrN2/c14-13-9-5-4-6-11(13)10-16(15)12-7-2-1-3-8-12/h1-9H,10,15H2. The fourth-order valence-electron chi connectivity index (χ4n) is 1.52. The molecule has 0 aliphatic heterocycles. The van der Waals surface area contributed by atoms with Gasteiger partial charge < -0.3 is 5.01 Å². The van der Waals surface area contributed by atoms with Crippen LogP contribution in [0.4, 0.5) is 5.69 Å². The molecule has 0 aliphatic rings. The summed E-state index contributed by atoms with van der Waals surface area (Å²) in [6.07, 6.45) is 0. The van der Waals surface area contributed by atoms with Crippen LogP contribution in [0.1, 0.15) is 5.56 Å². The molecule has 0 bridgehead atoms. The first-order valence-corrected chi connectivity index (χ1v) is 5.87. The molecule has 82 valence electrons. The lowest BCUT2D eigenvalue weighted by molar-refractivity contribution is 0.850. The fourth-order valence-corrected chi connectivity index (χ4v) is 1.93. The minimum absolute atomic E-state index is 0.686. The zero-order valence-corrected chi connectivity index (χ0v) is 10.4. The Hall–Kier alpha value is -1.32. The van der Waals surface area contributed by atoms with E-state index in [1.54, 1.807) is 5.01 Å². The number of halogens is 1. The van der Waals surface area contributed by atoms with Crippen LogP contribution < -0.4 is 10.9 Å². The Morgan fingerprint density at radius 1 is 0.938 bits per heavy atom. The maximum absolute atomic E-state index is 6.01. The third-order valence-corrected chi connectivity index (χ3v) is 3.16. The van der Waals surface area contributed by atoms with Crippen molar-refractivity contribution in [2.24, 2.45) is 5.84 Å². The molecule has 2 nitrogen and oxygen atoms in total. The SMILES string of the molecule is NN(Cc1ccccc1Br)c1ccccc1. The van der Waals surface area contributed by atoms with Crippen LogP contribution in [0.2, 0.25) is 0 Å². The van der Waals surface area contributed by atoms with Crippen LogP contribution in [0.15, 0.2) is 59.1 Å². The Bertz CT molecular complexity index is 456. The zero-order chi connectivity index (χ0) is 11.4. The van der Waals surface area contributed by atoms with E-state index in [1.807, 2.05) is 48.5 Å². The summed E-state index contributed by atoms with van der Waals surface area (Å²) in [5, 5.41) is 1.74. The summed E-state index contributed by atoms with van der Waals surface area (Å²) in [5.74, 6) is 6.01. The largest absolute Gasteiger partial charge is 0.307 e. The normalized spacial score (nSPS) is 10.1. The second-order valence-electron chi connectivity index (χ2n) is 3.55. The molecule has 0 radical (unpaired) electrons. The summed E-state index contributed by atoms with van der Waals surface area (Å²) in [7, 11) is 0. The Balaban J connectivity index is 2.14. The Kier molecular flexibility index (Phi) is 3.59. The lowest BCUT2D eigenvalue weighted by atomic mass is 10.2. The number of benzene rings is 2. The van der Waals surface area contributed by atoms with Crippen molar-refractivity contribution in [2.45, 2.75) is 6.54 Å². The number of hydrazine groups is 1. The summed E-state index contributed by atoms with van der Waals surface area (Å²) in [5.41, 5.74) is 2.19. The van der Waals surface area contributed by atoms with Crippen LogP contribution in [0.5, 0.6) is 0 Å². The summed E-state index contributed by atoms with van der Waals surface area (Å²) >= 11 is 3.52. The molecule has 2 N–H and O–H groups in total. The highest BCUT2D eigenvalue weighted by Crippen LogP contribution is 2.19. The molecule has 0 aromatic heterocycles. The van der Waals surface area contributed by atoms with Gasteiger partial charge in [-0.2, -0.15) is 0 Å². The molecule has 0 unspecified atom stereocenters. The molecule has 0 fully saturated rings. The van der Waals surface area contributed by atoms with Gasteiger partial charge in [-0.3, -0.25) is 0 Å². The molecule has 0 atom stereocenters. The van der Waals surface area contributed by atoms with Gasteiger partial charge in [-0.25, -0.2) is 5.84 Å². The van der Waals surface area contributed by atoms with E-state index >= 15 is 0 Å². The molecule has 0 saturated heterocycles. The van der Waals surface area contributed by atoms with Crippen LogP contribution in [-0.2, 0) is 6.54 Å². The van der Waals surface area contributed by atoms with E-state index in [2.05, 4.69) is 22.0 Å². The minimum atomic E-state index is 0.686. The van der Waals surface area contributed by atoms with Crippen molar-refractivity contribution in [3.8, 4) is 0 Å². The summed E-state index contributed by atoms with van der Waals surface area (Å²) < 4.78 is 1.08. The van der Waals surface area contributed by atoms with Crippen LogP contribution in [0.25, 0.3) is 0 Å². The number of hydrogen-bond acceptors (Lipinski definition) is 2. The molecule has 2 aromatic carbocycles. The zero-order valence-electron chi connectivity index (χ0n) is 8.81. The van der Waals surface area contributed by atoms with E-state index in [1.165, 1.54) is 5.56 Å². The predicted molar refractivity (Wildman–Crippen MR) is 71.0 cm³/mol. The summed E-state index contributed by atoms with van der Waals surface area (Å²) in [6.45, 7) is 0.686. The van der Waals surface area contributed by atoms with Crippen molar-refractivity contribution in [1.82, 2.24) is 0 Å². The Labute approximate surface area is 104 Å². The number of rotatable bonds is 3. The number of hydrogen-bond donors (Lipinski definition) is 1. The minimum Gasteiger partial charge on any atom is -0.307 e. The predicted octanol–water partition coefficient (Wildman–Crippen LogP) is 3.33. The highest BCUT2D eigenvalue weighted by atomic mass is 79.9. The molecule has 0 spiro atoms. The molecule has 0 saturated carbocycles. The maximum Gasteiger partial charge on any atom is 0.0603 e. The van der Waals surface area contributed by atoms with Crippen molar-refractivity contribution in [3.63, 3.8) is 0 Å². The second kappa shape index (κ2) is 5.14. The molecule has 0 amide bonds.